The summed E-state index contributed by atoms with van der Waals surface area (Å²) in [6.07, 6.45) is -1.47. The number of ether oxygens (including phenoxy) is 2. The molecule has 1 fully saturated rings. The Morgan fingerprint density at radius 3 is 2.48 bits per heavy atom. The fraction of sp³-hybridized carbons (Fsp3) is 0.409. The van der Waals surface area contributed by atoms with Crippen molar-refractivity contribution in [3.63, 3.8) is 0 Å². The molecule has 0 aliphatic heterocycles. The van der Waals surface area contributed by atoms with E-state index in [9.17, 15) is 26.4 Å². The van der Waals surface area contributed by atoms with Gasteiger partial charge >= 0.3 is 6.18 Å². The fourth-order valence-electron chi connectivity index (χ4n) is 3.78. The molecule has 3 rings (SSSR count). The summed E-state index contributed by atoms with van der Waals surface area (Å²) in [6.45, 7) is 0. The van der Waals surface area contributed by atoms with Crippen molar-refractivity contribution in [1.82, 2.24) is 0 Å². The van der Waals surface area contributed by atoms with Crippen LogP contribution in [0.25, 0.3) is 0 Å². The highest BCUT2D eigenvalue weighted by Crippen LogP contribution is 2.33. The maximum Gasteiger partial charge on any atom is 0.416 e. The molecule has 2 aromatic carbocycles. The van der Waals surface area contributed by atoms with Gasteiger partial charge in [-0.25, -0.2) is 8.42 Å². The molecule has 1 aliphatic carbocycles. The van der Waals surface area contributed by atoms with E-state index in [2.05, 4.69) is 10.0 Å². The fourth-order valence-corrected chi connectivity index (χ4v) is 4.98. The van der Waals surface area contributed by atoms with Gasteiger partial charge in [-0.15, -0.1) is 0 Å². The first-order valence-corrected chi connectivity index (χ1v) is 11.7. The summed E-state index contributed by atoms with van der Waals surface area (Å²) in [5.74, 6) is -0.483. The van der Waals surface area contributed by atoms with E-state index in [0.717, 1.165) is 31.4 Å². The van der Waals surface area contributed by atoms with Crippen LogP contribution in [0.4, 0.5) is 24.5 Å². The number of amides is 1. The Morgan fingerprint density at radius 2 is 1.82 bits per heavy atom. The number of benzene rings is 2. The Hall–Kier alpha value is -2.79. The van der Waals surface area contributed by atoms with E-state index in [1.54, 1.807) is 7.11 Å². The third-order valence-corrected chi connectivity index (χ3v) is 6.91. The second-order valence-electron chi connectivity index (χ2n) is 7.76. The molecule has 0 aromatic heterocycles. The third kappa shape index (κ3) is 6.17. The number of nitrogens with one attached hydrogen (secondary N) is 2. The number of methoxy groups -OCH3 is 2. The summed E-state index contributed by atoms with van der Waals surface area (Å²) < 4.78 is 77.1. The standard InChI is InChI=1S/C22H25F3N2O5S/c1-31-18-8-3-5-14(11-18)21(28)26-16-9-10-20(19(13-16)32-2)33(29,30)27-17-7-4-6-15(12-17)22(23,24)25/h4,6-7,9-10,12-14,18,27H,3,5,8,11H2,1-2H3,(H,26,28)/t14-,18+/m1/s1. The summed E-state index contributed by atoms with van der Waals surface area (Å²) in [5, 5.41) is 2.77. The van der Waals surface area contributed by atoms with Gasteiger partial charge < -0.3 is 14.8 Å². The Morgan fingerprint density at radius 1 is 1.06 bits per heavy atom. The number of halogens is 3. The molecule has 180 valence electrons. The van der Waals surface area contributed by atoms with Crippen LogP contribution in [-0.2, 0) is 25.7 Å². The number of hydrogen-bond donors (Lipinski definition) is 2. The maximum absolute atomic E-state index is 12.9. The highest BCUT2D eigenvalue weighted by Gasteiger charge is 2.31. The van der Waals surface area contributed by atoms with Crippen molar-refractivity contribution in [2.75, 3.05) is 24.3 Å². The number of anilines is 2. The van der Waals surface area contributed by atoms with Crippen LogP contribution in [0.15, 0.2) is 47.4 Å². The highest BCUT2D eigenvalue weighted by molar-refractivity contribution is 7.92. The van der Waals surface area contributed by atoms with Crippen LogP contribution in [0, 0.1) is 5.92 Å². The lowest BCUT2D eigenvalue weighted by atomic mass is 9.86. The van der Waals surface area contributed by atoms with E-state index in [-0.39, 0.29) is 34.3 Å². The SMILES string of the molecule is COc1cc(NC(=O)[C@@H]2CCC[C@H](OC)C2)ccc1S(=O)(=O)Nc1cccc(C(F)(F)F)c1. The molecule has 0 heterocycles. The summed E-state index contributed by atoms with van der Waals surface area (Å²) in [6, 6.07) is 7.85. The molecule has 2 aromatic rings. The first-order valence-electron chi connectivity index (χ1n) is 10.3. The van der Waals surface area contributed by atoms with Gasteiger partial charge in [0.15, 0.2) is 0 Å². The molecule has 0 radical (unpaired) electrons. The van der Waals surface area contributed by atoms with Crippen molar-refractivity contribution in [3.8, 4) is 5.75 Å². The predicted octanol–water partition coefficient (Wildman–Crippen LogP) is 4.66. The van der Waals surface area contributed by atoms with Crippen molar-refractivity contribution in [3.05, 3.63) is 48.0 Å². The summed E-state index contributed by atoms with van der Waals surface area (Å²) in [7, 11) is -1.39. The summed E-state index contributed by atoms with van der Waals surface area (Å²) in [4.78, 5) is 12.4. The van der Waals surface area contributed by atoms with Crippen LogP contribution in [0.3, 0.4) is 0 Å². The second-order valence-corrected chi connectivity index (χ2v) is 9.41. The molecular weight excluding hydrogens is 461 g/mol. The monoisotopic (exact) mass is 486 g/mol. The maximum atomic E-state index is 12.9. The summed E-state index contributed by atoms with van der Waals surface area (Å²) >= 11 is 0. The van der Waals surface area contributed by atoms with Crippen molar-refractivity contribution in [1.29, 1.82) is 0 Å². The van der Waals surface area contributed by atoms with Crippen molar-refractivity contribution in [2.45, 2.75) is 42.9 Å². The van der Waals surface area contributed by atoms with Crippen LogP contribution in [0.1, 0.15) is 31.2 Å². The van der Waals surface area contributed by atoms with Gasteiger partial charge in [-0.3, -0.25) is 9.52 Å². The molecule has 0 spiro atoms. The first kappa shape index (κ1) is 24.8. The summed E-state index contributed by atoms with van der Waals surface area (Å²) in [5.41, 5.74) is -0.880. The Balaban J connectivity index is 1.78. The zero-order chi connectivity index (χ0) is 24.2. The zero-order valence-electron chi connectivity index (χ0n) is 18.1. The van der Waals surface area contributed by atoms with Gasteiger partial charge in [0, 0.05) is 30.5 Å². The van der Waals surface area contributed by atoms with E-state index < -0.39 is 21.8 Å². The molecule has 2 atom stereocenters. The molecule has 1 aliphatic rings. The molecule has 1 amide bonds. The molecule has 7 nitrogen and oxygen atoms in total. The second kappa shape index (κ2) is 10.0. The van der Waals surface area contributed by atoms with E-state index in [1.165, 1.54) is 31.4 Å². The molecule has 0 unspecified atom stereocenters. The van der Waals surface area contributed by atoms with Crippen molar-refractivity contribution < 1.29 is 35.9 Å². The van der Waals surface area contributed by atoms with Gasteiger partial charge in [-0.2, -0.15) is 13.2 Å². The molecule has 11 heteroatoms. The van der Waals surface area contributed by atoms with Crippen molar-refractivity contribution in [2.24, 2.45) is 5.92 Å². The van der Waals surface area contributed by atoms with Gasteiger partial charge in [0.25, 0.3) is 10.0 Å². The normalized spacial score (nSPS) is 19.1. The van der Waals surface area contributed by atoms with Crippen LogP contribution in [0.2, 0.25) is 0 Å². The molecule has 33 heavy (non-hydrogen) atoms. The van der Waals surface area contributed by atoms with Gasteiger partial charge in [0.1, 0.15) is 10.6 Å². The molecule has 2 N–H and O–H groups in total. The van der Waals surface area contributed by atoms with E-state index in [1.807, 2.05) is 0 Å². The van der Waals surface area contributed by atoms with Crippen LogP contribution in [0.5, 0.6) is 5.75 Å². The average Bonchev–Trinajstić information content (AvgIpc) is 2.78. The number of sulfonamides is 1. The van der Waals surface area contributed by atoms with Crippen LogP contribution < -0.4 is 14.8 Å². The smallest absolute Gasteiger partial charge is 0.416 e. The predicted molar refractivity (Wildman–Crippen MR) is 117 cm³/mol. The van der Waals surface area contributed by atoms with Crippen LogP contribution in [-0.4, -0.2) is 34.6 Å². The van der Waals surface area contributed by atoms with E-state index in [0.29, 0.717) is 18.2 Å². The van der Waals surface area contributed by atoms with Gasteiger partial charge in [-0.1, -0.05) is 12.5 Å². The average molecular weight is 487 g/mol. The Kier molecular flexibility index (Phi) is 7.53. The number of carbonyl (C=O) groups is 1. The number of carbonyl (C=O) groups excluding carboxylic acids is 1. The molecule has 0 bridgehead atoms. The zero-order valence-corrected chi connectivity index (χ0v) is 18.9. The topological polar surface area (TPSA) is 93.7 Å². The lowest BCUT2D eigenvalue weighted by molar-refractivity contribution is -0.137. The Bertz CT molecular complexity index is 1110. The number of rotatable bonds is 7. The largest absolute Gasteiger partial charge is 0.495 e. The lowest BCUT2D eigenvalue weighted by Crippen LogP contribution is -2.31. The minimum Gasteiger partial charge on any atom is -0.495 e. The number of alkyl halides is 3. The van der Waals surface area contributed by atoms with Gasteiger partial charge in [0.2, 0.25) is 5.91 Å². The quantitative estimate of drug-likeness (QED) is 0.594. The number of hydrogen-bond acceptors (Lipinski definition) is 5. The minimum absolute atomic E-state index is 0.0264. The van der Waals surface area contributed by atoms with Gasteiger partial charge in [-0.05, 0) is 49.6 Å². The minimum atomic E-state index is -4.61. The van der Waals surface area contributed by atoms with Gasteiger partial charge in [0.05, 0.1) is 18.8 Å². The highest BCUT2D eigenvalue weighted by atomic mass is 32.2. The molecule has 0 saturated heterocycles. The molecule has 1 saturated carbocycles. The van der Waals surface area contributed by atoms with E-state index in [4.69, 9.17) is 9.47 Å². The van der Waals surface area contributed by atoms with Crippen LogP contribution >= 0.6 is 0 Å². The first-order chi connectivity index (χ1) is 15.5. The third-order valence-electron chi connectivity index (χ3n) is 5.49. The lowest BCUT2D eigenvalue weighted by Gasteiger charge is -2.27. The van der Waals surface area contributed by atoms with E-state index >= 15 is 0 Å². The Labute approximate surface area is 190 Å². The van der Waals surface area contributed by atoms with Crippen molar-refractivity contribution >= 4 is 27.3 Å². The molecular formula is C22H25F3N2O5S.